The van der Waals surface area contributed by atoms with E-state index in [1.54, 1.807) is 19.2 Å². The molecule has 0 saturated carbocycles. The van der Waals surface area contributed by atoms with Crippen molar-refractivity contribution in [2.75, 3.05) is 20.8 Å². The lowest BCUT2D eigenvalue weighted by atomic mass is 10.1. The third-order valence-electron chi connectivity index (χ3n) is 3.98. The van der Waals surface area contributed by atoms with Crippen LogP contribution >= 0.6 is 0 Å². The molecule has 1 aromatic carbocycles. The Labute approximate surface area is 153 Å². The number of benzene rings is 1. The van der Waals surface area contributed by atoms with Crippen LogP contribution in [0, 0.1) is 0 Å². The monoisotopic (exact) mass is 358 g/mol. The van der Waals surface area contributed by atoms with E-state index < -0.39 is 5.63 Å². The van der Waals surface area contributed by atoms with Gasteiger partial charge < -0.3 is 18.6 Å². The van der Waals surface area contributed by atoms with Crippen molar-refractivity contribution in [2.45, 2.75) is 33.6 Å². The molecule has 0 radical (unpaired) electrons. The second-order valence-corrected chi connectivity index (χ2v) is 6.29. The van der Waals surface area contributed by atoms with Crippen molar-refractivity contribution in [3.8, 4) is 17.2 Å². The molecule has 2 rings (SSSR count). The van der Waals surface area contributed by atoms with Crippen LogP contribution in [0.3, 0.4) is 0 Å². The highest BCUT2D eigenvalue weighted by molar-refractivity contribution is 5.91. The van der Waals surface area contributed by atoms with Gasteiger partial charge in [0.15, 0.2) is 11.3 Å². The number of hydrogen-bond donors (Lipinski definition) is 0. The van der Waals surface area contributed by atoms with Gasteiger partial charge in [-0.15, -0.1) is 0 Å². The van der Waals surface area contributed by atoms with Gasteiger partial charge >= 0.3 is 5.63 Å². The Morgan fingerprint density at radius 1 is 1.08 bits per heavy atom. The molecule has 0 N–H and O–H groups in total. The highest BCUT2D eigenvalue weighted by Crippen LogP contribution is 2.40. The van der Waals surface area contributed by atoms with Crippen molar-refractivity contribution in [2.24, 2.45) is 0 Å². The second-order valence-electron chi connectivity index (χ2n) is 6.29. The van der Waals surface area contributed by atoms with Crippen molar-refractivity contribution in [1.29, 1.82) is 0 Å². The zero-order chi connectivity index (χ0) is 19.1. The summed E-state index contributed by atoms with van der Waals surface area (Å²) in [6, 6.07) is 4.74. The van der Waals surface area contributed by atoms with Crippen LogP contribution in [0.4, 0.5) is 0 Å². The summed E-state index contributed by atoms with van der Waals surface area (Å²) in [5.41, 5.74) is 2.43. The fourth-order valence-corrected chi connectivity index (χ4v) is 2.57. The zero-order valence-corrected chi connectivity index (χ0v) is 16.0. The fraction of sp³-hybridized carbons (Fsp3) is 0.381. The number of methoxy groups -OCH3 is 2. The highest BCUT2D eigenvalue weighted by Gasteiger charge is 2.17. The van der Waals surface area contributed by atoms with Gasteiger partial charge in [0.1, 0.15) is 12.4 Å². The molecule has 1 aromatic heterocycles. The molecule has 0 aliphatic heterocycles. The second kappa shape index (κ2) is 9.13. The zero-order valence-electron chi connectivity index (χ0n) is 16.0. The van der Waals surface area contributed by atoms with Crippen LogP contribution in [0.5, 0.6) is 17.2 Å². The Morgan fingerprint density at radius 3 is 2.46 bits per heavy atom. The predicted octanol–water partition coefficient (Wildman–Crippen LogP) is 4.88. The Morgan fingerprint density at radius 2 is 1.81 bits per heavy atom. The normalized spacial score (nSPS) is 11.3. The van der Waals surface area contributed by atoms with Gasteiger partial charge in [-0.1, -0.05) is 17.2 Å². The summed E-state index contributed by atoms with van der Waals surface area (Å²) in [5.74, 6) is 1.41. The average molecular weight is 358 g/mol. The molecule has 0 saturated heterocycles. The Balaban J connectivity index is 2.27. The molecule has 5 nitrogen and oxygen atoms in total. The maximum atomic E-state index is 11.7. The largest absolute Gasteiger partial charge is 0.496 e. The first-order chi connectivity index (χ1) is 12.5. The van der Waals surface area contributed by atoms with Gasteiger partial charge in [-0.3, -0.25) is 0 Å². The summed E-state index contributed by atoms with van der Waals surface area (Å²) < 4.78 is 22.0. The molecule has 0 aliphatic rings. The maximum absolute atomic E-state index is 11.7. The lowest BCUT2D eigenvalue weighted by Gasteiger charge is -2.14. The third kappa shape index (κ3) is 4.91. The number of hydrogen-bond acceptors (Lipinski definition) is 5. The number of ether oxygens (including phenoxy) is 3. The number of fused-ring (bicyclic) bond motifs is 1. The van der Waals surface area contributed by atoms with Gasteiger partial charge in [-0.25, -0.2) is 4.79 Å². The molecule has 5 heteroatoms. The summed E-state index contributed by atoms with van der Waals surface area (Å²) >= 11 is 0. The summed E-state index contributed by atoms with van der Waals surface area (Å²) in [6.07, 6.45) is 6.22. The van der Waals surface area contributed by atoms with Crippen LogP contribution in [-0.2, 0) is 0 Å². The van der Waals surface area contributed by atoms with E-state index in [1.165, 1.54) is 24.3 Å². The van der Waals surface area contributed by atoms with Gasteiger partial charge in [-0.05, 0) is 45.8 Å². The van der Waals surface area contributed by atoms with Gasteiger partial charge in [0.2, 0.25) is 5.75 Å². The van der Waals surface area contributed by atoms with E-state index in [2.05, 4.69) is 26.8 Å². The lowest BCUT2D eigenvalue weighted by Crippen LogP contribution is -2.02. The smallest absolute Gasteiger partial charge is 0.336 e. The maximum Gasteiger partial charge on any atom is 0.336 e. The first kappa shape index (κ1) is 19.6. The van der Waals surface area contributed by atoms with Crippen molar-refractivity contribution >= 4 is 11.0 Å². The SMILES string of the molecule is COc1cc(OC)c2ccc(=O)oc2c1OC/C=C(/C)CCC=C(C)C. The minimum Gasteiger partial charge on any atom is -0.496 e. The molecule has 140 valence electrons. The van der Waals surface area contributed by atoms with Crippen molar-refractivity contribution in [1.82, 2.24) is 0 Å². The van der Waals surface area contributed by atoms with E-state index in [0.717, 1.165) is 12.8 Å². The quantitative estimate of drug-likeness (QED) is 0.497. The first-order valence-electron chi connectivity index (χ1n) is 8.57. The summed E-state index contributed by atoms with van der Waals surface area (Å²) in [7, 11) is 3.09. The molecule has 0 bridgehead atoms. The average Bonchev–Trinajstić information content (AvgIpc) is 2.61. The van der Waals surface area contributed by atoms with E-state index in [9.17, 15) is 4.79 Å². The minimum absolute atomic E-state index is 0.323. The standard InChI is InChI=1S/C21H26O5/c1-14(2)7-6-8-15(3)11-12-25-21-18(24-5)13-17(23-4)16-9-10-19(22)26-20(16)21/h7,9-11,13H,6,8,12H2,1-5H3/b15-11-. The third-order valence-corrected chi connectivity index (χ3v) is 3.98. The van der Waals surface area contributed by atoms with Crippen LogP contribution in [0.25, 0.3) is 11.0 Å². The fourth-order valence-electron chi connectivity index (χ4n) is 2.57. The van der Waals surface area contributed by atoms with E-state index in [1.807, 2.05) is 6.08 Å². The summed E-state index contributed by atoms with van der Waals surface area (Å²) in [5, 5.41) is 0.659. The topological polar surface area (TPSA) is 57.9 Å². The van der Waals surface area contributed by atoms with Gasteiger partial charge in [0, 0.05) is 12.1 Å². The van der Waals surface area contributed by atoms with E-state index in [-0.39, 0.29) is 0 Å². The molecule has 26 heavy (non-hydrogen) atoms. The Kier molecular flexibility index (Phi) is 6.89. The van der Waals surface area contributed by atoms with Crippen LogP contribution in [0.15, 0.2) is 50.7 Å². The molecule has 0 spiro atoms. The Hall–Kier alpha value is -2.69. The van der Waals surface area contributed by atoms with Crippen LogP contribution < -0.4 is 19.8 Å². The van der Waals surface area contributed by atoms with Gasteiger partial charge in [0.05, 0.1) is 19.6 Å². The molecule has 0 amide bonds. The molecule has 2 aromatic rings. The predicted molar refractivity (Wildman–Crippen MR) is 104 cm³/mol. The van der Waals surface area contributed by atoms with Crippen LogP contribution in [0.1, 0.15) is 33.6 Å². The van der Waals surface area contributed by atoms with Crippen molar-refractivity contribution in [3.05, 3.63) is 51.9 Å². The van der Waals surface area contributed by atoms with Crippen molar-refractivity contribution < 1.29 is 18.6 Å². The summed E-state index contributed by atoms with van der Waals surface area (Å²) in [6.45, 7) is 6.62. The minimum atomic E-state index is -0.453. The van der Waals surface area contributed by atoms with E-state index in [0.29, 0.717) is 34.8 Å². The Bertz CT molecular complexity index is 870. The van der Waals surface area contributed by atoms with E-state index in [4.69, 9.17) is 18.6 Å². The van der Waals surface area contributed by atoms with Gasteiger partial charge in [-0.2, -0.15) is 0 Å². The number of allylic oxidation sites excluding steroid dienone is 3. The number of rotatable bonds is 8. The molecule has 0 atom stereocenters. The summed E-state index contributed by atoms with van der Waals surface area (Å²) in [4.78, 5) is 11.7. The first-order valence-corrected chi connectivity index (χ1v) is 8.57. The molecular weight excluding hydrogens is 332 g/mol. The molecule has 0 aliphatic carbocycles. The molecule has 0 fully saturated rings. The van der Waals surface area contributed by atoms with Crippen LogP contribution in [0.2, 0.25) is 0 Å². The van der Waals surface area contributed by atoms with Crippen LogP contribution in [-0.4, -0.2) is 20.8 Å². The molecule has 0 unspecified atom stereocenters. The highest BCUT2D eigenvalue weighted by atomic mass is 16.5. The molecular formula is C21H26O5. The van der Waals surface area contributed by atoms with Gasteiger partial charge in [0.25, 0.3) is 0 Å². The van der Waals surface area contributed by atoms with Crippen molar-refractivity contribution in [3.63, 3.8) is 0 Å². The lowest BCUT2D eigenvalue weighted by molar-refractivity contribution is 0.320. The molecule has 1 heterocycles. The van der Waals surface area contributed by atoms with E-state index >= 15 is 0 Å².